The zero-order valence-corrected chi connectivity index (χ0v) is 20.6. The monoisotopic (exact) mass is 491 g/mol. The van der Waals surface area contributed by atoms with Crippen molar-refractivity contribution < 1.29 is 9.53 Å². The third-order valence-corrected chi connectivity index (χ3v) is 6.16. The molecule has 2 heterocycles. The molecule has 1 aliphatic heterocycles. The molecule has 2 N–H and O–H groups in total. The van der Waals surface area contributed by atoms with Gasteiger partial charge in [-0.05, 0) is 56.2 Å². The number of carbonyl (C=O) groups is 1. The summed E-state index contributed by atoms with van der Waals surface area (Å²) in [6.07, 6.45) is 3.83. The highest BCUT2D eigenvalue weighted by Gasteiger charge is 2.29. The summed E-state index contributed by atoms with van der Waals surface area (Å²) in [7, 11) is 0. The number of hydrogen-bond donors (Lipinski definition) is 1. The molecule has 0 aliphatic carbocycles. The van der Waals surface area contributed by atoms with Gasteiger partial charge in [-0.25, -0.2) is 9.67 Å². The second-order valence-corrected chi connectivity index (χ2v) is 8.80. The fourth-order valence-electron chi connectivity index (χ4n) is 4.35. The number of ether oxygens (including phenoxy) is 1. The van der Waals surface area contributed by atoms with Crippen LogP contribution in [0.4, 0.5) is 5.82 Å². The molecule has 0 saturated carbocycles. The van der Waals surface area contributed by atoms with Gasteiger partial charge < -0.3 is 15.4 Å². The van der Waals surface area contributed by atoms with Crippen LogP contribution < -0.4 is 10.5 Å². The van der Waals surface area contributed by atoms with E-state index in [0.29, 0.717) is 41.6 Å². The summed E-state index contributed by atoms with van der Waals surface area (Å²) >= 11 is 5.80. The highest BCUT2D eigenvalue weighted by molar-refractivity contribution is 6.18. The topological polar surface area (TPSA) is 85.7 Å². The molecule has 0 unspecified atom stereocenters. The normalized spacial score (nSPS) is 15.9. The Hall–Kier alpha value is -3.58. The average molecular weight is 492 g/mol. The molecule has 35 heavy (non-hydrogen) atoms. The van der Waals surface area contributed by atoms with Gasteiger partial charge in [0.05, 0.1) is 11.6 Å². The number of hydrogen-bond acceptors (Lipinski definition) is 5. The molecular weight excluding hydrogens is 462 g/mol. The van der Waals surface area contributed by atoms with Gasteiger partial charge in [0.2, 0.25) is 5.91 Å². The molecule has 1 atom stereocenters. The number of carbonyl (C=O) groups excluding carboxylic acids is 1. The number of likely N-dealkylation sites (tertiary alicyclic amines) is 1. The van der Waals surface area contributed by atoms with Crippen molar-refractivity contribution in [3.05, 3.63) is 66.7 Å². The molecule has 1 amide bonds. The van der Waals surface area contributed by atoms with Crippen molar-refractivity contribution in [3.8, 4) is 22.8 Å². The summed E-state index contributed by atoms with van der Waals surface area (Å²) in [5, 5.41) is 4.95. The van der Waals surface area contributed by atoms with Crippen molar-refractivity contribution in [2.75, 3.05) is 19.0 Å². The molecule has 182 valence electrons. The van der Waals surface area contributed by atoms with Crippen LogP contribution in [0.5, 0.6) is 11.5 Å². The predicted octanol–water partition coefficient (Wildman–Crippen LogP) is 5.79. The Kier molecular flexibility index (Phi) is 7.87. The van der Waals surface area contributed by atoms with Crippen LogP contribution in [-0.4, -0.2) is 45.8 Å². The van der Waals surface area contributed by atoms with Crippen LogP contribution in [0.2, 0.25) is 0 Å². The maximum absolute atomic E-state index is 12.5. The van der Waals surface area contributed by atoms with Crippen LogP contribution in [0.25, 0.3) is 17.0 Å². The van der Waals surface area contributed by atoms with E-state index in [9.17, 15) is 4.79 Å². The third kappa shape index (κ3) is 5.57. The van der Waals surface area contributed by atoms with E-state index in [1.807, 2.05) is 71.1 Å². The zero-order chi connectivity index (χ0) is 24.8. The number of halogens is 1. The van der Waals surface area contributed by atoms with Crippen LogP contribution >= 0.6 is 11.6 Å². The van der Waals surface area contributed by atoms with Crippen molar-refractivity contribution in [1.29, 1.82) is 0 Å². The molecule has 1 aliphatic rings. The van der Waals surface area contributed by atoms with E-state index in [1.54, 1.807) is 6.21 Å². The lowest BCUT2D eigenvalue weighted by Gasteiger charge is -2.33. The molecule has 3 aromatic rings. The maximum atomic E-state index is 12.5. The first kappa shape index (κ1) is 24.5. The van der Waals surface area contributed by atoms with Crippen LogP contribution in [-0.2, 0) is 4.79 Å². The Balaban J connectivity index is 1.68. The van der Waals surface area contributed by atoms with E-state index in [2.05, 4.69) is 11.6 Å². The smallest absolute Gasteiger partial charge is 0.223 e. The fourth-order valence-corrected chi connectivity index (χ4v) is 4.51. The van der Waals surface area contributed by atoms with E-state index in [1.165, 1.54) is 0 Å². The Morgan fingerprint density at radius 3 is 2.60 bits per heavy atom. The summed E-state index contributed by atoms with van der Waals surface area (Å²) < 4.78 is 7.83. The molecule has 1 fully saturated rings. The zero-order valence-electron chi connectivity index (χ0n) is 19.9. The van der Waals surface area contributed by atoms with Crippen molar-refractivity contribution in [3.63, 3.8) is 0 Å². The Morgan fingerprint density at radius 2 is 1.94 bits per heavy atom. The van der Waals surface area contributed by atoms with Crippen molar-refractivity contribution >= 4 is 35.2 Å². The molecule has 0 radical (unpaired) electrons. The number of amides is 1. The first-order valence-corrected chi connectivity index (χ1v) is 12.3. The quantitative estimate of drug-likeness (QED) is 0.319. The van der Waals surface area contributed by atoms with Gasteiger partial charge in [0.25, 0.3) is 0 Å². The molecule has 2 aromatic carbocycles. The number of benzene rings is 2. The largest absolute Gasteiger partial charge is 0.457 e. The van der Waals surface area contributed by atoms with E-state index >= 15 is 0 Å². The molecule has 0 spiro atoms. The summed E-state index contributed by atoms with van der Waals surface area (Å²) in [5.41, 5.74) is 8.92. The second-order valence-electron chi connectivity index (χ2n) is 8.42. The number of aliphatic imine (C=N–C) groups is 1. The minimum absolute atomic E-state index is 0.0192. The Bertz CT molecular complexity index is 1200. The summed E-state index contributed by atoms with van der Waals surface area (Å²) in [6, 6.07) is 17.3. The predicted molar refractivity (Wildman–Crippen MR) is 141 cm³/mol. The van der Waals surface area contributed by atoms with Crippen molar-refractivity contribution in [2.45, 2.75) is 32.2 Å². The molecule has 7 nitrogen and oxygen atoms in total. The van der Waals surface area contributed by atoms with Gasteiger partial charge >= 0.3 is 0 Å². The van der Waals surface area contributed by atoms with E-state index in [0.717, 1.165) is 36.4 Å². The van der Waals surface area contributed by atoms with Crippen molar-refractivity contribution in [1.82, 2.24) is 14.7 Å². The molecular formula is C27H30ClN5O2. The SMILES string of the molecule is C=C(N)c1c(-c2ccc(Oc3ccccc3)cc2)nn([C@@H]2CCCN(C(=O)CCCl)C2)c1/N=C\C. The van der Waals surface area contributed by atoms with E-state index in [4.69, 9.17) is 27.2 Å². The fraction of sp³-hybridized carbons (Fsp3) is 0.296. The van der Waals surface area contributed by atoms with Crippen molar-refractivity contribution in [2.24, 2.45) is 10.7 Å². The van der Waals surface area contributed by atoms with Gasteiger partial charge in [-0.1, -0.05) is 24.8 Å². The number of nitrogens with two attached hydrogens (primary N) is 1. The Labute approximate surface area is 210 Å². The van der Waals surface area contributed by atoms with E-state index < -0.39 is 0 Å². The first-order chi connectivity index (χ1) is 17.0. The number of aromatic nitrogens is 2. The maximum Gasteiger partial charge on any atom is 0.223 e. The highest BCUT2D eigenvalue weighted by Crippen LogP contribution is 2.38. The number of nitrogens with zero attached hydrogens (tertiary/aromatic N) is 4. The summed E-state index contributed by atoms with van der Waals surface area (Å²) in [4.78, 5) is 19.0. The average Bonchev–Trinajstić information content (AvgIpc) is 3.25. The van der Waals surface area contributed by atoms with Crippen LogP contribution in [0.1, 0.15) is 37.8 Å². The van der Waals surface area contributed by atoms with Gasteiger partial charge in [-0.15, -0.1) is 11.6 Å². The molecule has 1 aromatic heterocycles. The second kappa shape index (κ2) is 11.2. The van der Waals surface area contributed by atoms with Crippen LogP contribution in [0, 0.1) is 0 Å². The van der Waals surface area contributed by atoms with Gasteiger partial charge in [-0.3, -0.25) is 4.79 Å². The number of para-hydroxylation sites is 1. The van der Waals surface area contributed by atoms with E-state index in [-0.39, 0.29) is 11.9 Å². The number of piperidine rings is 1. The molecule has 4 rings (SSSR count). The standard InChI is InChI=1S/C27H30ClN5O2/c1-3-30-27-25(19(2)29)26(20-11-13-23(14-12-20)35-22-9-5-4-6-10-22)31-33(27)21-8-7-17-32(18-21)24(34)15-16-28/h3-6,9-14,21H,2,7-8,15-18,29H2,1H3/b30-3-/t21-/m1/s1. The number of alkyl halides is 1. The third-order valence-electron chi connectivity index (χ3n) is 5.97. The Morgan fingerprint density at radius 1 is 1.23 bits per heavy atom. The van der Waals surface area contributed by atoms with Gasteiger partial charge in [0.1, 0.15) is 17.2 Å². The first-order valence-electron chi connectivity index (χ1n) is 11.7. The summed E-state index contributed by atoms with van der Waals surface area (Å²) in [5.74, 6) is 2.52. The molecule has 1 saturated heterocycles. The molecule has 0 bridgehead atoms. The van der Waals surface area contributed by atoms with Gasteiger partial charge in [-0.2, -0.15) is 5.10 Å². The number of rotatable bonds is 8. The lowest BCUT2D eigenvalue weighted by Crippen LogP contribution is -2.41. The van der Waals surface area contributed by atoms with Crippen LogP contribution in [0.3, 0.4) is 0 Å². The van der Waals surface area contributed by atoms with Crippen LogP contribution in [0.15, 0.2) is 66.2 Å². The van der Waals surface area contributed by atoms with Gasteiger partial charge in [0, 0.05) is 42.9 Å². The molecule has 8 heteroatoms. The lowest BCUT2D eigenvalue weighted by molar-refractivity contribution is -0.132. The minimum atomic E-state index is -0.0192. The lowest BCUT2D eigenvalue weighted by atomic mass is 10.0. The minimum Gasteiger partial charge on any atom is -0.457 e. The summed E-state index contributed by atoms with van der Waals surface area (Å²) in [6.45, 7) is 7.14. The van der Waals surface area contributed by atoms with Gasteiger partial charge in [0.15, 0.2) is 5.82 Å². The highest BCUT2D eigenvalue weighted by atomic mass is 35.5.